The Morgan fingerprint density at radius 1 is 1.03 bits per heavy atom. The van der Waals surface area contributed by atoms with E-state index in [9.17, 15) is 13.2 Å². The number of methoxy groups -OCH3 is 1. The van der Waals surface area contributed by atoms with Crippen LogP contribution in [0.15, 0.2) is 57.8 Å². The van der Waals surface area contributed by atoms with Gasteiger partial charge in [0.15, 0.2) is 0 Å². The van der Waals surface area contributed by atoms with Gasteiger partial charge in [0.05, 0.1) is 12.0 Å². The Kier molecular flexibility index (Phi) is 5.27. The number of hydrogen-bond acceptors (Lipinski definition) is 7. The lowest BCUT2D eigenvalue weighted by atomic mass is 10.2. The fourth-order valence-corrected chi connectivity index (χ4v) is 4.86. The summed E-state index contributed by atoms with van der Waals surface area (Å²) in [5, 5.41) is 0.761. The quantitative estimate of drug-likeness (QED) is 0.659. The molecule has 1 saturated heterocycles. The standard InChI is InChI=1S/C20H21N3O6S/c1-27-16-3-5-17(6-4-16)30(25,26)23-10-8-22(9-11-23)15-2-7-18-14(12-15)13-19(28-18)29-20(21)24/h2-7,12-13H,8-11H2,1H3,(H2,21,24). The van der Waals surface area contributed by atoms with E-state index in [0.717, 1.165) is 11.1 Å². The highest BCUT2D eigenvalue weighted by Gasteiger charge is 2.28. The molecule has 0 bridgehead atoms. The SMILES string of the molecule is COc1ccc(S(=O)(=O)N2CCN(c3ccc4oc(OC(N)=O)cc4c3)CC2)cc1. The normalized spacial score (nSPS) is 15.3. The van der Waals surface area contributed by atoms with Gasteiger partial charge in [-0.3, -0.25) is 0 Å². The second-order valence-corrected chi connectivity index (χ2v) is 8.71. The van der Waals surface area contributed by atoms with Crippen molar-refractivity contribution in [2.75, 3.05) is 38.2 Å². The molecule has 9 nitrogen and oxygen atoms in total. The molecule has 158 valence electrons. The number of carbonyl (C=O) groups excluding carboxylic acids is 1. The van der Waals surface area contributed by atoms with Gasteiger partial charge < -0.3 is 24.5 Å². The smallest absolute Gasteiger partial charge is 0.412 e. The molecule has 30 heavy (non-hydrogen) atoms. The highest BCUT2D eigenvalue weighted by molar-refractivity contribution is 7.89. The summed E-state index contributed by atoms with van der Waals surface area (Å²) < 4.78 is 42.6. The van der Waals surface area contributed by atoms with Gasteiger partial charge in [-0.15, -0.1) is 0 Å². The van der Waals surface area contributed by atoms with Crippen molar-refractivity contribution in [3.05, 3.63) is 48.5 Å². The molecule has 1 aliphatic heterocycles. The molecule has 0 unspecified atom stereocenters. The Balaban J connectivity index is 1.46. The number of ether oxygens (including phenoxy) is 2. The number of amides is 1. The Hall–Kier alpha value is -3.24. The molecule has 3 aromatic rings. The number of anilines is 1. The fourth-order valence-electron chi connectivity index (χ4n) is 3.44. The monoisotopic (exact) mass is 431 g/mol. The minimum Gasteiger partial charge on any atom is -0.497 e. The summed E-state index contributed by atoms with van der Waals surface area (Å²) in [5.74, 6) is 0.642. The molecule has 0 radical (unpaired) electrons. The molecule has 1 aromatic heterocycles. The highest BCUT2D eigenvalue weighted by Crippen LogP contribution is 2.30. The minimum atomic E-state index is -3.56. The summed E-state index contributed by atoms with van der Waals surface area (Å²) in [5.41, 5.74) is 6.50. The summed E-state index contributed by atoms with van der Waals surface area (Å²) >= 11 is 0. The van der Waals surface area contributed by atoms with E-state index in [-0.39, 0.29) is 10.8 Å². The van der Waals surface area contributed by atoms with Crippen LogP contribution in [-0.2, 0) is 10.0 Å². The van der Waals surface area contributed by atoms with Crippen LogP contribution in [-0.4, -0.2) is 52.1 Å². The first kappa shape index (κ1) is 20.0. The number of carbonyl (C=O) groups is 1. The molecule has 1 amide bonds. The summed E-state index contributed by atoms with van der Waals surface area (Å²) in [4.78, 5) is 13.2. The molecular weight excluding hydrogens is 410 g/mol. The van der Waals surface area contributed by atoms with Gasteiger partial charge in [0.25, 0.3) is 5.95 Å². The van der Waals surface area contributed by atoms with Crippen LogP contribution in [0.1, 0.15) is 0 Å². The van der Waals surface area contributed by atoms with E-state index in [2.05, 4.69) is 4.90 Å². The first-order chi connectivity index (χ1) is 14.4. The van der Waals surface area contributed by atoms with Gasteiger partial charge in [-0.1, -0.05) is 0 Å². The number of rotatable bonds is 5. The first-order valence-corrected chi connectivity index (χ1v) is 10.7. The predicted molar refractivity (Wildman–Crippen MR) is 110 cm³/mol. The zero-order valence-electron chi connectivity index (χ0n) is 16.3. The lowest BCUT2D eigenvalue weighted by Crippen LogP contribution is -2.48. The maximum atomic E-state index is 12.9. The van der Waals surface area contributed by atoms with Crippen LogP contribution in [0, 0.1) is 0 Å². The topological polar surface area (TPSA) is 115 Å². The molecule has 1 aliphatic rings. The van der Waals surface area contributed by atoms with Crippen molar-refractivity contribution < 1.29 is 27.1 Å². The van der Waals surface area contributed by atoms with Crippen molar-refractivity contribution in [2.45, 2.75) is 4.90 Å². The number of sulfonamides is 1. The van der Waals surface area contributed by atoms with Gasteiger partial charge in [0, 0.05) is 43.3 Å². The number of piperazine rings is 1. The van der Waals surface area contributed by atoms with Crippen LogP contribution < -0.4 is 20.1 Å². The fraction of sp³-hybridized carbons (Fsp3) is 0.250. The molecule has 10 heteroatoms. The van der Waals surface area contributed by atoms with Gasteiger partial charge in [-0.05, 0) is 42.5 Å². The third kappa shape index (κ3) is 3.91. The van der Waals surface area contributed by atoms with Crippen molar-refractivity contribution in [3.8, 4) is 11.7 Å². The molecular formula is C20H21N3O6S. The van der Waals surface area contributed by atoms with Crippen LogP contribution in [0.25, 0.3) is 11.0 Å². The van der Waals surface area contributed by atoms with E-state index in [4.69, 9.17) is 19.6 Å². The van der Waals surface area contributed by atoms with Crippen molar-refractivity contribution >= 4 is 32.8 Å². The Morgan fingerprint density at radius 3 is 2.37 bits per heavy atom. The highest BCUT2D eigenvalue weighted by atomic mass is 32.2. The molecule has 0 spiro atoms. The number of furan rings is 1. The number of primary amides is 1. The lowest BCUT2D eigenvalue weighted by molar-refractivity contribution is 0.199. The number of benzene rings is 2. The van der Waals surface area contributed by atoms with Gasteiger partial charge in [-0.25, -0.2) is 13.2 Å². The van der Waals surface area contributed by atoms with Crippen LogP contribution >= 0.6 is 0 Å². The molecule has 2 heterocycles. The predicted octanol–water partition coefficient (Wildman–Crippen LogP) is 2.41. The van der Waals surface area contributed by atoms with Crippen molar-refractivity contribution in [2.24, 2.45) is 5.73 Å². The maximum absolute atomic E-state index is 12.9. The lowest BCUT2D eigenvalue weighted by Gasteiger charge is -2.35. The van der Waals surface area contributed by atoms with E-state index < -0.39 is 16.1 Å². The molecule has 1 fully saturated rings. The third-order valence-corrected chi connectivity index (χ3v) is 6.89. The summed E-state index contributed by atoms with van der Waals surface area (Å²) in [6, 6.07) is 13.5. The first-order valence-electron chi connectivity index (χ1n) is 9.27. The second kappa shape index (κ2) is 7.88. The van der Waals surface area contributed by atoms with E-state index in [1.807, 2.05) is 12.1 Å². The summed E-state index contributed by atoms with van der Waals surface area (Å²) in [6.45, 7) is 1.83. The number of nitrogens with two attached hydrogens (primary N) is 1. The maximum Gasteiger partial charge on any atom is 0.412 e. The Labute approximate surface area is 173 Å². The van der Waals surface area contributed by atoms with Crippen LogP contribution in [0.5, 0.6) is 11.7 Å². The minimum absolute atomic E-state index is 0.0325. The van der Waals surface area contributed by atoms with Gasteiger partial charge >= 0.3 is 6.09 Å². The average Bonchev–Trinajstić information content (AvgIpc) is 3.14. The second-order valence-electron chi connectivity index (χ2n) is 6.78. The zero-order valence-corrected chi connectivity index (χ0v) is 17.1. The van der Waals surface area contributed by atoms with Crippen molar-refractivity contribution in [1.29, 1.82) is 0 Å². The number of nitrogens with zero attached hydrogens (tertiary/aromatic N) is 2. The molecule has 0 saturated carbocycles. The van der Waals surface area contributed by atoms with Gasteiger partial charge in [0.1, 0.15) is 11.3 Å². The summed E-state index contributed by atoms with van der Waals surface area (Å²) in [6.07, 6.45) is -0.941. The number of hydrogen-bond donors (Lipinski definition) is 1. The summed E-state index contributed by atoms with van der Waals surface area (Å²) in [7, 11) is -2.02. The number of fused-ring (bicyclic) bond motifs is 1. The average molecular weight is 431 g/mol. The van der Waals surface area contributed by atoms with Crippen molar-refractivity contribution in [3.63, 3.8) is 0 Å². The van der Waals surface area contributed by atoms with Gasteiger partial charge in [-0.2, -0.15) is 4.31 Å². The molecule has 0 aliphatic carbocycles. The van der Waals surface area contributed by atoms with Gasteiger partial charge in [0.2, 0.25) is 10.0 Å². The molecule has 2 N–H and O–H groups in total. The van der Waals surface area contributed by atoms with Crippen molar-refractivity contribution in [1.82, 2.24) is 4.31 Å². The van der Waals surface area contributed by atoms with E-state index in [0.29, 0.717) is 37.5 Å². The third-order valence-electron chi connectivity index (χ3n) is 4.98. The zero-order chi connectivity index (χ0) is 21.3. The Morgan fingerprint density at radius 2 is 1.73 bits per heavy atom. The van der Waals surface area contributed by atoms with E-state index in [1.165, 1.54) is 11.4 Å². The Bertz CT molecular complexity index is 1160. The van der Waals surface area contributed by atoms with Crippen LogP contribution in [0.2, 0.25) is 0 Å². The van der Waals surface area contributed by atoms with Crippen LogP contribution in [0.3, 0.4) is 0 Å². The van der Waals surface area contributed by atoms with E-state index in [1.54, 1.807) is 36.4 Å². The molecule has 0 atom stereocenters. The van der Waals surface area contributed by atoms with E-state index >= 15 is 0 Å². The van der Waals surface area contributed by atoms with Crippen LogP contribution in [0.4, 0.5) is 10.5 Å². The largest absolute Gasteiger partial charge is 0.497 e. The molecule has 4 rings (SSSR count). The molecule has 2 aromatic carbocycles.